The summed E-state index contributed by atoms with van der Waals surface area (Å²) in [6.45, 7) is 0.691. The van der Waals surface area contributed by atoms with E-state index in [1.54, 1.807) is 0 Å². The third-order valence-electron chi connectivity index (χ3n) is 2.47. The van der Waals surface area contributed by atoms with Crippen LogP contribution in [-0.4, -0.2) is 5.11 Å². The molecular formula is C14H12BrClN2S. The summed E-state index contributed by atoms with van der Waals surface area (Å²) in [6, 6.07) is 15.7. The van der Waals surface area contributed by atoms with Gasteiger partial charge in [-0.3, -0.25) is 0 Å². The van der Waals surface area contributed by atoms with Gasteiger partial charge in [0.25, 0.3) is 0 Å². The van der Waals surface area contributed by atoms with E-state index in [0.29, 0.717) is 16.7 Å². The molecule has 5 heteroatoms. The number of thiocarbonyl (C=S) groups is 1. The van der Waals surface area contributed by atoms with Crippen molar-refractivity contribution in [3.8, 4) is 0 Å². The molecule has 0 aliphatic rings. The zero-order chi connectivity index (χ0) is 13.7. The molecule has 0 unspecified atom stereocenters. The van der Waals surface area contributed by atoms with Gasteiger partial charge in [-0.05, 0) is 51.9 Å². The molecule has 98 valence electrons. The number of hydrogen-bond donors (Lipinski definition) is 2. The Balaban J connectivity index is 1.89. The van der Waals surface area contributed by atoms with Gasteiger partial charge in [-0.25, -0.2) is 0 Å². The Kier molecular flexibility index (Phi) is 5.19. The normalized spacial score (nSPS) is 10.0. The van der Waals surface area contributed by atoms with Crippen LogP contribution >= 0.6 is 39.7 Å². The Morgan fingerprint density at radius 2 is 1.89 bits per heavy atom. The van der Waals surface area contributed by atoms with Gasteiger partial charge in [-0.1, -0.05) is 41.9 Å². The van der Waals surface area contributed by atoms with Gasteiger partial charge >= 0.3 is 0 Å². The van der Waals surface area contributed by atoms with E-state index in [2.05, 4.69) is 26.6 Å². The fraction of sp³-hybridized carbons (Fsp3) is 0.0714. The van der Waals surface area contributed by atoms with Gasteiger partial charge in [-0.2, -0.15) is 0 Å². The van der Waals surface area contributed by atoms with Gasteiger partial charge in [0.2, 0.25) is 0 Å². The quantitative estimate of drug-likeness (QED) is 0.788. The Hall–Kier alpha value is -1.10. The smallest absolute Gasteiger partial charge is 0.171 e. The van der Waals surface area contributed by atoms with Crippen LogP contribution in [0, 0.1) is 0 Å². The molecule has 0 aliphatic carbocycles. The minimum atomic E-state index is 0.572. The van der Waals surface area contributed by atoms with Crippen LogP contribution in [0.3, 0.4) is 0 Å². The van der Waals surface area contributed by atoms with E-state index in [-0.39, 0.29) is 0 Å². The number of hydrogen-bond acceptors (Lipinski definition) is 1. The fourth-order valence-corrected chi connectivity index (χ4v) is 2.14. The number of anilines is 1. The maximum absolute atomic E-state index is 6.02. The maximum atomic E-state index is 6.02. The molecule has 2 nitrogen and oxygen atoms in total. The highest BCUT2D eigenvalue weighted by Gasteiger charge is 2.01. The summed E-state index contributed by atoms with van der Waals surface area (Å²) in [7, 11) is 0. The van der Waals surface area contributed by atoms with Crippen molar-refractivity contribution in [1.29, 1.82) is 0 Å². The SMILES string of the molecule is S=C(NCc1ccccc1)Nc1ccc(Br)c(Cl)c1. The topological polar surface area (TPSA) is 24.1 Å². The molecule has 2 N–H and O–H groups in total. The highest BCUT2D eigenvalue weighted by Crippen LogP contribution is 2.25. The number of halogens is 2. The average molecular weight is 356 g/mol. The van der Waals surface area contributed by atoms with E-state index in [4.69, 9.17) is 23.8 Å². The highest BCUT2D eigenvalue weighted by molar-refractivity contribution is 9.10. The minimum absolute atomic E-state index is 0.572. The van der Waals surface area contributed by atoms with E-state index >= 15 is 0 Å². The van der Waals surface area contributed by atoms with E-state index in [1.807, 2.05) is 48.5 Å². The molecule has 0 fully saturated rings. The molecule has 0 bridgehead atoms. The molecule has 0 radical (unpaired) electrons. The van der Waals surface area contributed by atoms with Crippen LogP contribution in [0.25, 0.3) is 0 Å². The van der Waals surface area contributed by atoms with Crippen molar-refractivity contribution >= 4 is 50.5 Å². The fourth-order valence-electron chi connectivity index (χ4n) is 1.53. The molecule has 0 saturated carbocycles. The molecule has 0 spiro atoms. The molecule has 2 aromatic rings. The third kappa shape index (κ3) is 4.49. The average Bonchev–Trinajstić information content (AvgIpc) is 2.42. The molecule has 0 atom stereocenters. The molecule has 0 aromatic heterocycles. The van der Waals surface area contributed by atoms with Crippen molar-refractivity contribution in [3.05, 3.63) is 63.6 Å². The minimum Gasteiger partial charge on any atom is -0.358 e. The van der Waals surface area contributed by atoms with Crippen molar-refractivity contribution < 1.29 is 0 Å². The highest BCUT2D eigenvalue weighted by atomic mass is 79.9. The lowest BCUT2D eigenvalue weighted by Gasteiger charge is -2.11. The van der Waals surface area contributed by atoms with Crippen LogP contribution in [0.5, 0.6) is 0 Å². The molecule has 0 saturated heterocycles. The van der Waals surface area contributed by atoms with E-state index < -0.39 is 0 Å². The lowest BCUT2D eigenvalue weighted by atomic mass is 10.2. The van der Waals surface area contributed by atoms with Gasteiger partial charge < -0.3 is 10.6 Å². The first-order chi connectivity index (χ1) is 9.15. The second-order valence-electron chi connectivity index (χ2n) is 3.92. The molecule has 2 rings (SSSR count). The van der Waals surface area contributed by atoms with E-state index in [0.717, 1.165) is 10.2 Å². The van der Waals surface area contributed by atoms with Gasteiger partial charge in [0.15, 0.2) is 5.11 Å². The maximum Gasteiger partial charge on any atom is 0.171 e. The summed E-state index contributed by atoms with van der Waals surface area (Å²) in [6.07, 6.45) is 0. The van der Waals surface area contributed by atoms with Crippen LogP contribution in [0.2, 0.25) is 5.02 Å². The monoisotopic (exact) mass is 354 g/mol. The molecular weight excluding hydrogens is 344 g/mol. The number of nitrogens with one attached hydrogen (secondary N) is 2. The van der Waals surface area contributed by atoms with Crippen molar-refractivity contribution in [2.75, 3.05) is 5.32 Å². The van der Waals surface area contributed by atoms with Crippen molar-refractivity contribution in [2.45, 2.75) is 6.54 Å². The first kappa shape index (κ1) is 14.3. The van der Waals surface area contributed by atoms with Gasteiger partial charge in [0.1, 0.15) is 0 Å². The lowest BCUT2D eigenvalue weighted by molar-refractivity contribution is 0.926. The van der Waals surface area contributed by atoms with Gasteiger partial charge in [0, 0.05) is 16.7 Å². The number of rotatable bonds is 3. The second kappa shape index (κ2) is 6.89. The predicted molar refractivity (Wildman–Crippen MR) is 88.7 cm³/mol. The predicted octanol–water partition coefficient (Wildman–Crippen LogP) is 4.59. The van der Waals surface area contributed by atoms with Crippen LogP contribution in [-0.2, 0) is 6.54 Å². The largest absolute Gasteiger partial charge is 0.358 e. The van der Waals surface area contributed by atoms with E-state index in [9.17, 15) is 0 Å². The Morgan fingerprint density at radius 3 is 2.58 bits per heavy atom. The summed E-state index contributed by atoms with van der Waals surface area (Å²) < 4.78 is 0.864. The van der Waals surface area contributed by atoms with Gasteiger partial charge in [0.05, 0.1) is 5.02 Å². The number of benzene rings is 2. The summed E-state index contributed by atoms with van der Waals surface area (Å²) in [5.74, 6) is 0. The molecule has 19 heavy (non-hydrogen) atoms. The summed E-state index contributed by atoms with van der Waals surface area (Å²) in [4.78, 5) is 0. The van der Waals surface area contributed by atoms with Crippen LogP contribution < -0.4 is 10.6 Å². The van der Waals surface area contributed by atoms with Crippen LogP contribution in [0.15, 0.2) is 53.0 Å². The Labute approximate surface area is 131 Å². The Bertz CT molecular complexity index is 575. The van der Waals surface area contributed by atoms with Crippen LogP contribution in [0.1, 0.15) is 5.56 Å². The lowest BCUT2D eigenvalue weighted by Crippen LogP contribution is -2.27. The first-order valence-electron chi connectivity index (χ1n) is 5.69. The standard InChI is InChI=1S/C14H12BrClN2S/c15-12-7-6-11(8-13(12)16)18-14(19)17-9-10-4-2-1-3-5-10/h1-8H,9H2,(H2,17,18,19). The van der Waals surface area contributed by atoms with Crippen LogP contribution in [0.4, 0.5) is 5.69 Å². The van der Waals surface area contributed by atoms with Crippen molar-refractivity contribution in [3.63, 3.8) is 0 Å². The van der Waals surface area contributed by atoms with E-state index in [1.165, 1.54) is 5.56 Å². The van der Waals surface area contributed by atoms with Crippen molar-refractivity contribution in [1.82, 2.24) is 5.32 Å². The first-order valence-corrected chi connectivity index (χ1v) is 7.27. The zero-order valence-corrected chi connectivity index (χ0v) is 13.1. The third-order valence-corrected chi connectivity index (χ3v) is 3.95. The molecule has 0 heterocycles. The summed E-state index contributed by atoms with van der Waals surface area (Å²) in [5, 5.41) is 7.46. The molecule has 0 amide bonds. The molecule has 0 aliphatic heterocycles. The Morgan fingerprint density at radius 1 is 1.16 bits per heavy atom. The zero-order valence-electron chi connectivity index (χ0n) is 9.99. The molecule has 2 aromatic carbocycles. The van der Waals surface area contributed by atoms with Crippen molar-refractivity contribution in [2.24, 2.45) is 0 Å². The second-order valence-corrected chi connectivity index (χ2v) is 5.59. The summed E-state index contributed by atoms with van der Waals surface area (Å²) in [5.41, 5.74) is 2.04. The summed E-state index contributed by atoms with van der Waals surface area (Å²) >= 11 is 14.6. The van der Waals surface area contributed by atoms with Gasteiger partial charge in [-0.15, -0.1) is 0 Å².